The number of hydrogen-bond acceptors (Lipinski definition) is 2. The summed E-state index contributed by atoms with van der Waals surface area (Å²) < 4.78 is 0. The summed E-state index contributed by atoms with van der Waals surface area (Å²) in [5.74, 6) is 0.318. The molecule has 21 heavy (non-hydrogen) atoms. The summed E-state index contributed by atoms with van der Waals surface area (Å²) in [4.78, 5) is 0. The van der Waals surface area contributed by atoms with Gasteiger partial charge in [0.2, 0.25) is 0 Å². The third kappa shape index (κ3) is 3.60. The van der Waals surface area contributed by atoms with E-state index in [1.807, 2.05) is 6.07 Å². The van der Waals surface area contributed by atoms with E-state index in [1.54, 1.807) is 0 Å². The summed E-state index contributed by atoms with van der Waals surface area (Å²) in [7, 11) is 0. The molecule has 0 saturated carbocycles. The van der Waals surface area contributed by atoms with Gasteiger partial charge in [-0.3, -0.25) is 0 Å². The largest absolute Gasteiger partial charge is 0.396 e. The van der Waals surface area contributed by atoms with Crippen LogP contribution in [0.5, 0.6) is 0 Å². The Kier molecular flexibility index (Phi) is 4.49. The molecule has 0 spiro atoms. The second-order valence-electron chi connectivity index (χ2n) is 5.62. The maximum absolute atomic E-state index is 9.15. The number of aliphatic hydroxyl groups excluding tert-OH is 1. The lowest BCUT2D eigenvalue weighted by Gasteiger charge is -2.13. The lowest BCUT2D eigenvalue weighted by Crippen LogP contribution is -2.26. The summed E-state index contributed by atoms with van der Waals surface area (Å²) in [6.07, 6.45) is 5.27. The Balaban J connectivity index is 1.63. The predicted molar refractivity (Wildman–Crippen MR) is 86.8 cm³/mol. The van der Waals surface area contributed by atoms with Gasteiger partial charge in [0, 0.05) is 25.1 Å². The molecule has 1 aliphatic rings. The van der Waals surface area contributed by atoms with E-state index < -0.39 is 0 Å². The van der Waals surface area contributed by atoms with E-state index in [4.69, 9.17) is 5.11 Å². The van der Waals surface area contributed by atoms with E-state index >= 15 is 0 Å². The van der Waals surface area contributed by atoms with Crippen molar-refractivity contribution in [1.82, 2.24) is 5.32 Å². The molecule has 2 aromatic carbocycles. The first kappa shape index (κ1) is 14.1. The molecule has 0 aromatic heterocycles. The number of nitrogens with one attached hydrogen (secondary N) is 1. The summed E-state index contributed by atoms with van der Waals surface area (Å²) >= 11 is 0. The van der Waals surface area contributed by atoms with Crippen molar-refractivity contribution >= 4 is 0 Å². The Labute approximate surface area is 126 Å². The third-order valence-corrected chi connectivity index (χ3v) is 4.01. The second kappa shape index (κ2) is 6.70. The Hall–Kier alpha value is -1.90. The summed E-state index contributed by atoms with van der Waals surface area (Å²) in [5, 5.41) is 12.7. The molecule has 2 atom stereocenters. The summed E-state index contributed by atoms with van der Waals surface area (Å²) in [6.45, 7) is 1.10. The molecule has 1 aliphatic carbocycles. The Morgan fingerprint density at radius 3 is 2.52 bits per heavy atom. The maximum atomic E-state index is 9.15. The van der Waals surface area contributed by atoms with Crippen molar-refractivity contribution in [2.24, 2.45) is 5.92 Å². The number of hydrogen-bond donors (Lipinski definition) is 2. The topological polar surface area (TPSA) is 32.3 Å². The zero-order valence-corrected chi connectivity index (χ0v) is 12.1. The van der Waals surface area contributed by atoms with Crippen LogP contribution in [-0.4, -0.2) is 17.8 Å². The molecular weight excluding hydrogens is 258 g/mol. The van der Waals surface area contributed by atoms with Gasteiger partial charge >= 0.3 is 0 Å². The lowest BCUT2D eigenvalue weighted by atomic mass is 10.0. The van der Waals surface area contributed by atoms with Gasteiger partial charge in [-0.2, -0.15) is 0 Å². The second-order valence-corrected chi connectivity index (χ2v) is 5.62. The minimum absolute atomic E-state index is 0.248. The van der Waals surface area contributed by atoms with E-state index in [9.17, 15) is 0 Å². The van der Waals surface area contributed by atoms with Gasteiger partial charge in [0.1, 0.15) is 0 Å². The van der Waals surface area contributed by atoms with E-state index in [0.29, 0.717) is 12.0 Å². The van der Waals surface area contributed by atoms with Gasteiger partial charge in [0.05, 0.1) is 0 Å². The molecule has 3 rings (SSSR count). The van der Waals surface area contributed by atoms with Gasteiger partial charge in [-0.05, 0) is 29.2 Å². The summed E-state index contributed by atoms with van der Waals surface area (Å²) in [6, 6.07) is 19.5. The fourth-order valence-corrected chi connectivity index (χ4v) is 2.80. The van der Waals surface area contributed by atoms with Crippen LogP contribution >= 0.6 is 0 Å². The first-order valence-electron chi connectivity index (χ1n) is 7.52. The van der Waals surface area contributed by atoms with Gasteiger partial charge in [-0.1, -0.05) is 60.7 Å². The van der Waals surface area contributed by atoms with Gasteiger partial charge in [0.25, 0.3) is 0 Å². The molecule has 0 unspecified atom stereocenters. The van der Waals surface area contributed by atoms with Crippen LogP contribution in [0, 0.1) is 5.92 Å². The van der Waals surface area contributed by atoms with Gasteiger partial charge in [-0.15, -0.1) is 0 Å². The molecule has 2 N–H and O–H groups in total. The van der Waals surface area contributed by atoms with Gasteiger partial charge in [0.15, 0.2) is 0 Å². The molecule has 0 bridgehead atoms. The van der Waals surface area contributed by atoms with Crippen LogP contribution in [0.3, 0.4) is 0 Å². The van der Waals surface area contributed by atoms with E-state index in [1.165, 1.54) is 16.7 Å². The molecule has 0 fully saturated rings. The molecule has 2 aromatic rings. The van der Waals surface area contributed by atoms with Crippen LogP contribution in [0.1, 0.15) is 12.0 Å². The standard InChI is InChI=1S/C19H21NO/c21-14-16-9-10-19(12-16)20-13-15-5-4-8-18(11-15)17-6-2-1-3-7-17/h1-11,16,19-21H,12-14H2/t16-,19+/m0/s1. The molecule has 0 saturated heterocycles. The Bertz CT molecular complexity index is 606. The van der Waals surface area contributed by atoms with Crippen molar-refractivity contribution < 1.29 is 5.11 Å². The maximum Gasteiger partial charge on any atom is 0.0494 e. The highest BCUT2D eigenvalue weighted by Crippen LogP contribution is 2.21. The highest BCUT2D eigenvalue weighted by molar-refractivity contribution is 5.63. The van der Waals surface area contributed by atoms with Gasteiger partial charge in [-0.25, -0.2) is 0 Å². The van der Waals surface area contributed by atoms with Crippen LogP contribution in [0.4, 0.5) is 0 Å². The smallest absolute Gasteiger partial charge is 0.0494 e. The quantitative estimate of drug-likeness (QED) is 0.822. The monoisotopic (exact) mass is 279 g/mol. The van der Waals surface area contributed by atoms with Crippen molar-refractivity contribution in [2.45, 2.75) is 19.0 Å². The fraction of sp³-hybridized carbons (Fsp3) is 0.263. The molecule has 2 nitrogen and oxygen atoms in total. The zero-order valence-electron chi connectivity index (χ0n) is 12.1. The molecule has 0 aliphatic heterocycles. The first-order chi connectivity index (χ1) is 10.3. The SMILES string of the molecule is OC[C@H]1C=C[C@@H](NCc2cccc(-c3ccccc3)c2)C1. The molecule has 0 radical (unpaired) electrons. The fourth-order valence-electron chi connectivity index (χ4n) is 2.80. The highest BCUT2D eigenvalue weighted by atomic mass is 16.3. The van der Waals surface area contributed by atoms with Crippen molar-refractivity contribution in [3.05, 3.63) is 72.3 Å². The van der Waals surface area contributed by atoms with Crippen molar-refractivity contribution in [1.29, 1.82) is 0 Å². The van der Waals surface area contributed by atoms with Crippen LogP contribution < -0.4 is 5.32 Å². The average molecular weight is 279 g/mol. The minimum atomic E-state index is 0.248. The normalized spacial score (nSPS) is 20.8. The van der Waals surface area contributed by atoms with Gasteiger partial charge < -0.3 is 10.4 Å². The lowest BCUT2D eigenvalue weighted by molar-refractivity contribution is 0.246. The summed E-state index contributed by atoms with van der Waals surface area (Å²) in [5.41, 5.74) is 3.79. The Morgan fingerprint density at radius 1 is 0.952 bits per heavy atom. The van der Waals surface area contributed by atoms with Crippen LogP contribution in [0.25, 0.3) is 11.1 Å². The minimum Gasteiger partial charge on any atom is -0.396 e. The molecule has 0 heterocycles. The number of rotatable bonds is 5. The number of aliphatic hydroxyl groups is 1. The van der Waals surface area contributed by atoms with Crippen LogP contribution in [0.2, 0.25) is 0 Å². The van der Waals surface area contributed by atoms with Crippen molar-refractivity contribution in [3.8, 4) is 11.1 Å². The van der Waals surface area contributed by atoms with Crippen LogP contribution in [-0.2, 0) is 6.54 Å². The van der Waals surface area contributed by atoms with Crippen LogP contribution in [0.15, 0.2) is 66.7 Å². The molecule has 2 heteroatoms. The molecule has 0 amide bonds. The van der Waals surface area contributed by atoms with E-state index in [-0.39, 0.29) is 6.61 Å². The third-order valence-electron chi connectivity index (χ3n) is 4.01. The van der Waals surface area contributed by atoms with E-state index in [0.717, 1.165) is 13.0 Å². The van der Waals surface area contributed by atoms with Crippen molar-refractivity contribution in [2.75, 3.05) is 6.61 Å². The Morgan fingerprint density at radius 2 is 1.76 bits per heavy atom. The predicted octanol–water partition coefficient (Wildman–Crippen LogP) is 3.38. The average Bonchev–Trinajstić information content (AvgIpc) is 3.02. The van der Waals surface area contributed by atoms with Crippen molar-refractivity contribution in [3.63, 3.8) is 0 Å². The highest BCUT2D eigenvalue weighted by Gasteiger charge is 2.17. The molecule has 108 valence electrons. The molecular formula is C19H21NO. The first-order valence-corrected chi connectivity index (χ1v) is 7.52. The van der Waals surface area contributed by atoms with E-state index in [2.05, 4.69) is 66.0 Å². The number of benzene rings is 2. The zero-order chi connectivity index (χ0) is 14.5.